The third-order valence-corrected chi connectivity index (χ3v) is 4.49. The summed E-state index contributed by atoms with van der Waals surface area (Å²) in [5.41, 5.74) is 0.0230. The fourth-order valence-electron chi connectivity index (χ4n) is 2.69. The van der Waals surface area contributed by atoms with Gasteiger partial charge in [-0.2, -0.15) is 0 Å². The summed E-state index contributed by atoms with van der Waals surface area (Å²) < 4.78 is 5.38. The Labute approximate surface area is 134 Å². The average Bonchev–Trinajstić information content (AvgIpc) is 2.53. The second-order valence-corrected chi connectivity index (χ2v) is 6.03. The van der Waals surface area contributed by atoms with Crippen molar-refractivity contribution in [2.45, 2.75) is 25.2 Å². The van der Waals surface area contributed by atoms with Gasteiger partial charge in [0, 0.05) is 24.8 Å². The van der Waals surface area contributed by atoms with Gasteiger partial charge in [-0.25, -0.2) is 0 Å². The van der Waals surface area contributed by atoms with Gasteiger partial charge in [0.25, 0.3) is 0 Å². The lowest BCUT2D eigenvalue weighted by Gasteiger charge is -2.37. The van der Waals surface area contributed by atoms with E-state index >= 15 is 0 Å². The number of rotatable bonds is 5. The van der Waals surface area contributed by atoms with E-state index in [-0.39, 0.29) is 12.5 Å². The quantitative estimate of drug-likeness (QED) is 0.870. The molecule has 0 aliphatic carbocycles. The minimum atomic E-state index is -0.931. The lowest BCUT2D eigenvalue weighted by molar-refractivity contribution is -0.141. The summed E-state index contributed by atoms with van der Waals surface area (Å²) in [6.07, 6.45) is 1.06. The molecular weight excluding hydrogens is 306 g/mol. The lowest BCUT2D eigenvalue weighted by Crippen LogP contribution is -2.49. The summed E-state index contributed by atoms with van der Waals surface area (Å²) in [6.45, 7) is 2.62. The van der Waals surface area contributed by atoms with Gasteiger partial charge < -0.3 is 15.2 Å². The van der Waals surface area contributed by atoms with Gasteiger partial charge >= 0.3 is 5.97 Å². The zero-order valence-corrected chi connectivity index (χ0v) is 13.2. The van der Waals surface area contributed by atoms with Crippen molar-refractivity contribution in [3.05, 3.63) is 34.9 Å². The molecule has 1 aliphatic heterocycles. The predicted octanol–water partition coefficient (Wildman–Crippen LogP) is 2.23. The van der Waals surface area contributed by atoms with Crippen molar-refractivity contribution in [2.75, 3.05) is 19.8 Å². The summed E-state index contributed by atoms with van der Waals surface area (Å²) in [5.74, 6) is -1.75. The van der Waals surface area contributed by atoms with Crippen LogP contribution in [0.4, 0.5) is 0 Å². The maximum atomic E-state index is 12.8. The first-order valence-electron chi connectivity index (χ1n) is 7.31. The van der Waals surface area contributed by atoms with Crippen molar-refractivity contribution in [1.29, 1.82) is 0 Å². The number of benzene rings is 1. The highest BCUT2D eigenvalue weighted by Gasteiger charge is 2.43. The van der Waals surface area contributed by atoms with E-state index in [4.69, 9.17) is 21.4 Å². The highest BCUT2D eigenvalue weighted by Crippen LogP contribution is 2.38. The molecular formula is C16H20ClNO4. The van der Waals surface area contributed by atoms with Crippen LogP contribution in [0, 0.1) is 5.92 Å². The van der Waals surface area contributed by atoms with E-state index in [1.54, 1.807) is 13.0 Å². The largest absolute Gasteiger partial charge is 0.481 e. The third-order valence-electron chi connectivity index (χ3n) is 4.16. The minimum absolute atomic E-state index is 0.0984. The Balaban J connectivity index is 2.24. The minimum Gasteiger partial charge on any atom is -0.481 e. The lowest BCUT2D eigenvalue weighted by atomic mass is 9.73. The van der Waals surface area contributed by atoms with Crippen molar-refractivity contribution >= 4 is 23.5 Å². The number of hydrogen-bond acceptors (Lipinski definition) is 3. The monoisotopic (exact) mass is 325 g/mol. The SMILES string of the molecule is C[C@H](CNC(=O)C1(c2ccccc2Cl)CCOCC1)C(=O)O. The molecule has 0 radical (unpaired) electrons. The molecule has 0 aromatic heterocycles. The molecule has 120 valence electrons. The zero-order valence-electron chi connectivity index (χ0n) is 12.5. The predicted molar refractivity (Wildman–Crippen MR) is 83.0 cm³/mol. The normalized spacial score (nSPS) is 18.5. The van der Waals surface area contributed by atoms with Gasteiger partial charge in [-0.1, -0.05) is 36.7 Å². The first-order chi connectivity index (χ1) is 10.5. The molecule has 1 saturated heterocycles. The first kappa shape index (κ1) is 16.8. The number of amides is 1. The van der Waals surface area contributed by atoms with Crippen LogP contribution < -0.4 is 5.32 Å². The first-order valence-corrected chi connectivity index (χ1v) is 7.69. The number of hydrogen-bond donors (Lipinski definition) is 2. The van der Waals surface area contributed by atoms with Gasteiger partial charge in [0.05, 0.1) is 11.3 Å². The average molecular weight is 326 g/mol. The van der Waals surface area contributed by atoms with Crippen LogP contribution in [-0.2, 0) is 19.7 Å². The summed E-state index contributed by atoms with van der Waals surface area (Å²) in [4.78, 5) is 23.7. The van der Waals surface area contributed by atoms with E-state index in [1.165, 1.54) is 0 Å². The summed E-state index contributed by atoms with van der Waals surface area (Å²) in [5, 5.41) is 12.3. The number of ether oxygens (including phenoxy) is 1. The number of carbonyl (C=O) groups is 2. The molecule has 0 unspecified atom stereocenters. The van der Waals surface area contributed by atoms with Crippen molar-refractivity contribution in [1.82, 2.24) is 5.32 Å². The van der Waals surface area contributed by atoms with Gasteiger partial charge in [-0.05, 0) is 24.5 Å². The van der Waals surface area contributed by atoms with Crippen LogP contribution in [0.1, 0.15) is 25.3 Å². The zero-order chi connectivity index (χ0) is 16.2. The fourth-order valence-corrected chi connectivity index (χ4v) is 3.01. The number of carboxylic acids is 1. The van der Waals surface area contributed by atoms with Gasteiger partial charge in [0.1, 0.15) is 0 Å². The molecule has 1 fully saturated rings. The maximum Gasteiger partial charge on any atom is 0.308 e. The van der Waals surface area contributed by atoms with E-state index in [2.05, 4.69) is 5.32 Å². The Kier molecular flexibility index (Phi) is 5.42. The van der Waals surface area contributed by atoms with Crippen LogP contribution in [0.2, 0.25) is 5.02 Å². The Hall–Kier alpha value is -1.59. The van der Waals surface area contributed by atoms with E-state index in [1.807, 2.05) is 18.2 Å². The maximum absolute atomic E-state index is 12.8. The van der Waals surface area contributed by atoms with Gasteiger partial charge in [0.2, 0.25) is 5.91 Å². The number of carboxylic acid groups (broad SMARTS) is 1. The van der Waals surface area contributed by atoms with Crippen molar-refractivity contribution in [2.24, 2.45) is 5.92 Å². The Morgan fingerprint density at radius 3 is 2.59 bits per heavy atom. The fraction of sp³-hybridized carbons (Fsp3) is 0.500. The number of halogens is 1. The van der Waals surface area contributed by atoms with Crippen LogP contribution >= 0.6 is 11.6 Å². The molecule has 1 aromatic rings. The molecule has 6 heteroatoms. The van der Waals surface area contributed by atoms with E-state index in [0.29, 0.717) is 31.1 Å². The molecule has 1 amide bonds. The number of nitrogens with one attached hydrogen (secondary N) is 1. The van der Waals surface area contributed by atoms with Crippen molar-refractivity contribution in [3.63, 3.8) is 0 Å². The van der Waals surface area contributed by atoms with Crippen LogP contribution in [-0.4, -0.2) is 36.7 Å². The molecule has 1 heterocycles. The van der Waals surface area contributed by atoms with Crippen molar-refractivity contribution in [3.8, 4) is 0 Å². The van der Waals surface area contributed by atoms with Crippen LogP contribution in [0.25, 0.3) is 0 Å². The second kappa shape index (κ2) is 7.11. The standard InChI is InChI=1S/C16H20ClNO4/c1-11(14(19)20)10-18-15(21)16(6-8-22-9-7-16)12-4-2-3-5-13(12)17/h2-5,11H,6-10H2,1H3,(H,18,21)(H,19,20)/t11-/m1/s1. The number of carbonyl (C=O) groups excluding carboxylic acids is 1. The molecule has 0 bridgehead atoms. The summed E-state index contributed by atoms with van der Waals surface area (Å²) >= 11 is 6.29. The second-order valence-electron chi connectivity index (χ2n) is 5.62. The highest BCUT2D eigenvalue weighted by atomic mass is 35.5. The van der Waals surface area contributed by atoms with Crippen molar-refractivity contribution < 1.29 is 19.4 Å². The van der Waals surface area contributed by atoms with E-state index in [0.717, 1.165) is 5.56 Å². The Morgan fingerprint density at radius 1 is 1.36 bits per heavy atom. The Bertz CT molecular complexity index is 555. The van der Waals surface area contributed by atoms with Gasteiger partial charge in [0.15, 0.2) is 0 Å². The molecule has 1 aromatic carbocycles. The van der Waals surface area contributed by atoms with E-state index < -0.39 is 17.3 Å². The van der Waals surface area contributed by atoms with Gasteiger partial charge in [-0.15, -0.1) is 0 Å². The Morgan fingerprint density at radius 2 is 2.00 bits per heavy atom. The summed E-state index contributed by atoms with van der Waals surface area (Å²) in [7, 11) is 0. The molecule has 0 spiro atoms. The molecule has 2 rings (SSSR count). The molecule has 5 nitrogen and oxygen atoms in total. The molecule has 0 saturated carbocycles. The van der Waals surface area contributed by atoms with Crippen LogP contribution in [0.3, 0.4) is 0 Å². The summed E-state index contributed by atoms with van der Waals surface area (Å²) in [6, 6.07) is 7.30. The van der Waals surface area contributed by atoms with Crippen LogP contribution in [0.5, 0.6) is 0 Å². The smallest absolute Gasteiger partial charge is 0.308 e. The molecule has 1 aliphatic rings. The van der Waals surface area contributed by atoms with Crippen LogP contribution in [0.15, 0.2) is 24.3 Å². The molecule has 1 atom stereocenters. The van der Waals surface area contributed by atoms with Gasteiger partial charge in [-0.3, -0.25) is 9.59 Å². The highest BCUT2D eigenvalue weighted by molar-refractivity contribution is 6.31. The topological polar surface area (TPSA) is 75.6 Å². The number of aliphatic carboxylic acids is 1. The third kappa shape index (κ3) is 3.42. The molecule has 2 N–H and O–H groups in total. The van der Waals surface area contributed by atoms with E-state index in [9.17, 15) is 9.59 Å². The molecule has 22 heavy (non-hydrogen) atoms.